The maximum Gasteiger partial charge on any atom is 0.408 e. The van der Waals surface area contributed by atoms with Crippen LogP contribution in [-0.2, 0) is 15.7 Å². The van der Waals surface area contributed by atoms with Crippen LogP contribution in [0.2, 0.25) is 0 Å². The molecule has 9 heteroatoms. The van der Waals surface area contributed by atoms with Crippen LogP contribution in [0.3, 0.4) is 0 Å². The van der Waals surface area contributed by atoms with Crippen molar-refractivity contribution in [2.24, 2.45) is 5.92 Å². The molecular weight excluding hydrogens is 518 g/mol. The van der Waals surface area contributed by atoms with E-state index in [-0.39, 0.29) is 11.3 Å². The molecule has 1 saturated carbocycles. The van der Waals surface area contributed by atoms with Gasteiger partial charge in [-0.25, -0.2) is 4.79 Å². The second-order valence-electron chi connectivity index (χ2n) is 12.1. The number of hydrogen-bond donors (Lipinski definition) is 1. The molecule has 9 nitrogen and oxygen atoms in total. The van der Waals surface area contributed by atoms with Crippen molar-refractivity contribution in [3.8, 4) is 28.3 Å². The van der Waals surface area contributed by atoms with Crippen LogP contribution in [0, 0.1) is 5.92 Å². The summed E-state index contributed by atoms with van der Waals surface area (Å²) >= 11 is 0. The third-order valence-electron chi connectivity index (χ3n) is 7.80. The van der Waals surface area contributed by atoms with Crippen LogP contribution in [0.1, 0.15) is 71.5 Å². The highest BCUT2D eigenvalue weighted by Gasteiger charge is 2.51. The molecule has 3 heterocycles. The van der Waals surface area contributed by atoms with Gasteiger partial charge in [-0.1, -0.05) is 43.3 Å². The average molecular weight is 556 g/mol. The first-order valence-electron chi connectivity index (χ1n) is 13.9. The van der Waals surface area contributed by atoms with Crippen molar-refractivity contribution in [2.75, 3.05) is 7.11 Å². The Morgan fingerprint density at radius 2 is 1.68 bits per heavy atom. The summed E-state index contributed by atoms with van der Waals surface area (Å²) in [5, 5.41) is 7.08. The summed E-state index contributed by atoms with van der Waals surface area (Å²) in [5.74, 6) is 1.80. The molecule has 1 amide bonds. The molecule has 41 heavy (non-hydrogen) atoms. The lowest BCUT2D eigenvalue weighted by atomic mass is 9.70. The summed E-state index contributed by atoms with van der Waals surface area (Å²) in [6.45, 7) is 12.1. The standard InChI is InChI=1S/C32H37N5O4/c1-20(2)31(6,24-11-8-21(9-12-24)23-16-25(39-7)19-33-17-23)26-13-10-22(18-34-26)27-35-28(41-37-27)32(14-15-32)36-29(38)40-30(3,4)5/h8-13,16-20H,14-15H2,1-7H3,(H,36,38). The van der Waals surface area contributed by atoms with Gasteiger partial charge in [0.1, 0.15) is 16.9 Å². The molecule has 1 N–H and O–H groups in total. The number of carbonyl (C=O) groups excluding carboxylic acids is 1. The van der Waals surface area contributed by atoms with Gasteiger partial charge in [-0.05, 0) is 75.8 Å². The van der Waals surface area contributed by atoms with Gasteiger partial charge in [0.2, 0.25) is 5.82 Å². The minimum absolute atomic E-state index is 0.274. The fourth-order valence-electron chi connectivity index (χ4n) is 4.86. The Balaban J connectivity index is 1.35. The normalized spacial score (nSPS) is 15.7. The molecule has 1 aromatic carbocycles. The number of ether oxygens (including phenoxy) is 2. The molecule has 0 spiro atoms. The van der Waals surface area contributed by atoms with Crippen molar-refractivity contribution >= 4 is 6.09 Å². The van der Waals surface area contributed by atoms with Gasteiger partial charge in [-0.15, -0.1) is 0 Å². The van der Waals surface area contributed by atoms with E-state index in [9.17, 15) is 4.79 Å². The molecule has 0 radical (unpaired) electrons. The topological polar surface area (TPSA) is 112 Å². The lowest BCUT2D eigenvalue weighted by Crippen LogP contribution is -2.39. The second-order valence-corrected chi connectivity index (χ2v) is 12.1. The van der Waals surface area contributed by atoms with Gasteiger partial charge in [0.15, 0.2) is 0 Å². The Morgan fingerprint density at radius 3 is 2.27 bits per heavy atom. The highest BCUT2D eigenvalue weighted by atomic mass is 16.6. The van der Waals surface area contributed by atoms with Gasteiger partial charge < -0.3 is 19.3 Å². The van der Waals surface area contributed by atoms with Gasteiger partial charge in [-0.3, -0.25) is 9.97 Å². The number of carbonyl (C=O) groups is 1. The quantitative estimate of drug-likeness (QED) is 0.256. The number of hydrogen-bond acceptors (Lipinski definition) is 8. The van der Waals surface area contributed by atoms with E-state index < -0.39 is 17.2 Å². The van der Waals surface area contributed by atoms with E-state index in [0.29, 0.717) is 24.6 Å². The molecule has 1 atom stereocenters. The first-order chi connectivity index (χ1) is 19.4. The van der Waals surface area contributed by atoms with Crippen molar-refractivity contribution in [1.82, 2.24) is 25.4 Å². The number of nitrogens with one attached hydrogen (secondary N) is 1. The number of pyridine rings is 2. The molecule has 1 aliphatic rings. The Morgan fingerprint density at radius 1 is 0.976 bits per heavy atom. The SMILES string of the molecule is COc1cncc(-c2ccc(C(C)(c3ccc(-c4noc(C5(NC(=O)OC(C)(C)C)CC5)n4)cn3)C(C)C)cc2)c1. The van der Waals surface area contributed by atoms with Gasteiger partial charge in [-0.2, -0.15) is 4.98 Å². The Labute approximate surface area is 240 Å². The van der Waals surface area contributed by atoms with Crippen molar-refractivity contribution in [3.63, 3.8) is 0 Å². The molecule has 4 aromatic rings. The molecule has 1 fully saturated rings. The third kappa shape index (κ3) is 5.80. The summed E-state index contributed by atoms with van der Waals surface area (Å²) in [4.78, 5) is 26.1. The number of rotatable bonds is 8. The largest absolute Gasteiger partial charge is 0.495 e. The smallest absolute Gasteiger partial charge is 0.408 e. The fourth-order valence-corrected chi connectivity index (χ4v) is 4.86. The van der Waals surface area contributed by atoms with Crippen molar-refractivity contribution in [3.05, 3.63) is 78.2 Å². The van der Waals surface area contributed by atoms with Gasteiger partial charge >= 0.3 is 6.09 Å². The predicted octanol–water partition coefficient (Wildman–Crippen LogP) is 6.68. The first kappa shape index (κ1) is 28.3. The average Bonchev–Trinajstić information content (AvgIpc) is 3.54. The molecular formula is C32H37N5O4. The number of aromatic nitrogens is 4. The fraction of sp³-hybridized carbons (Fsp3) is 0.406. The highest BCUT2D eigenvalue weighted by Crippen LogP contribution is 2.45. The maximum atomic E-state index is 12.3. The van der Waals surface area contributed by atoms with Gasteiger partial charge in [0.25, 0.3) is 5.89 Å². The molecule has 5 rings (SSSR count). The van der Waals surface area contributed by atoms with E-state index >= 15 is 0 Å². The van der Waals surface area contributed by atoms with Crippen LogP contribution < -0.4 is 10.1 Å². The number of methoxy groups -OCH3 is 1. The van der Waals surface area contributed by atoms with Crippen LogP contribution in [0.4, 0.5) is 4.79 Å². The molecule has 3 aromatic heterocycles. The van der Waals surface area contributed by atoms with Crippen LogP contribution >= 0.6 is 0 Å². The zero-order chi connectivity index (χ0) is 29.4. The van der Waals surface area contributed by atoms with Crippen molar-refractivity contribution in [1.29, 1.82) is 0 Å². The van der Waals surface area contributed by atoms with E-state index in [4.69, 9.17) is 19.0 Å². The van der Waals surface area contributed by atoms with Crippen LogP contribution in [0.25, 0.3) is 22.5 Å². The molecule has 0 aliphatic heterocycles. The molecule has 1 unspecified atom stereocenters. The minimum atomic E-state index is -0.676. The predicted molar refractivity (Wildman–Crippen MR) is 155 cm³/mol. The van der Waals surface area contributed by atoms with E-state index in [1.54, 1.807) is 19.5 Å². The summed E-state index contributed by atoms with van der Waals surface area (Å²) in [7, 11) is 1.64. The zero-order valence-electron chi connectivity index (χ0n) is 24.7. The minimum Gasteiger partial charge on any atom is -0.495 e. The number of alkyl carbamates (subject to hydrolysis) is 1. The molecule has 214 valence electrons. The van der Waals surface area contributed by atoms with Crippen molar-refractivity contribution in [2.45, 2.75) is 70.9 Å². The maximum absolute atomic E-state index is 12.3. The van der Waals surface area contributed by atoms with E-state index in [0.717, 1.165) is 33.7 Å². The number of benzene rings is 1. The van der Waals surface area contributed by atoms with E-state index in [1.165, 1.54) is 0 Å². The molecule has 0 saturated heterocycles. The van der Waals surface area contributed by atoms with Crippen LogP contribution in [0.5, 0.6) is 5.75 Å². The summed E-state index contributed by atoms with van der Waals surface area (Å²) in [5.41, 5.74) is 3.32. The van der Waals surface area contributed by atoms with Crippen LogP contribution in [-0.4, -0.2) is 38.9 Å². The summed E-state index contributed by atoms with van der Waals surface area (Å²) in [6, 6.07) is 14.5. The number of nitrogens with zero attached hydrogens (tertiary/aromatic N) is 4. The Kier molecular flexibility index (Phi) is 7.32. The Hall–Kier alpha value is -4.27. The first-order valence-corrected chi connectivity index (χ1v) is 13.9. The lowest BCUT2D eigenvalue weighted by Gasteiger charge is -2.34. The van der Waals surface area contributed by atoms with Crippen LogP contribution in [0.15, 0.2) is 65.6 Å². The van der Waals surface area contributed by atoms with Gasteiger partial charge in [0, 0.05) is 28.9 Å². The Bertz CT molecular complexity index is 1520. The van der Waals surface area contributed by atoms with Crippen molar-refractivity contribution < 1.29 is 18.8 Å². The molecule has 1 aliphatic carbocycles. The third-order valence-corrected chi connectivity index (χ3v) is 7.80. The zero-order valence-corrected chi connectivity index (χ0v) is 24.7. The summed E-state index contributed by atoms with van der Waals surface area (Å²) in [6.07, 6.45) is 6.24. The lowest BCUT2D eigenvalue weighted by molar-refractivity contribution is 0.0483. The van der Waals surface area contributed by atoms with E-state index in [1.807, 2.05) is 45.2 Å². The monoisotopic (exact) mass is 555 g/mol. The molecule has 0 bridgehead atoms. The second kappa shape index (κ2) is 10.6. The highest BCUT2D eigenvalue weighted by molar-refractivity contribution is 5.69. The summed E-state index contributed by atoms with van der Waals surface area (Å²) < 4.78 is 16.3. The van der Waals surface area contributed by atoms with Gasteiger partial charge in [0.05, 0.1) is 19.0 Å². The number of amides is 1. The van der Waals surface area contributed by atoms with E-state index in [2.05, 4.69) is 65.5 Å².